The minimum absolute atomic E-state index is 0.00992. The van der Waals surface area contributed by atoms with E-state index in [4.69, 9.17) is 16.3 Å². The number of carbonyl (C=O) groups is 1. The van der Waals surface area contributed by atoms with Gasteiger partial charge in [0.2, 0.25) is 0 Å². The number of β-lactam (4-membered cyclic amide) rings is 1. The van der Waals surface area contributed by atoms with Crippen LogP contribution in [-0.2, 0) is 19.4 Å². The Morgan fingerprint density at radius 1 is 0.933 bits per heavy atom. The first-order valence-corrected chi connectivity index (χ1v) is 11.2. The Bertz CT molecular complexity index is 1190. The normalized spacial score (nSPS) is 18.8. The Kier molecular flexibility index (Phi) is 5.08. The van der Waals surface area contributed by atoms with E-state index in [-0.39, 0.29) is 11.4 Å². The topological polar surface area (TPSA) is 63.7 Å². The van der Waals surface area contributed by atoms with E-state index >= 15 is 0 Å². The average molecular weight is 442 g/mol. The molecule has 3 aromatic rings. The third-order valence-electron chi connectivity index (χ3n) is 5.46. The second kappa shape index (κ2) is 7.45. The molecule has 0 bridgehead atoms. The van der Waals surface area contributed by atoms with Gasteiger partial charge in [0.1, 0.15) is 5.75 Å². The smallest absolute Gasteiger partial charge is 0.255 e. The van der Waals surface area contributed by atoms with Crippen LogP contribution in [0.4, 0.5) is 5.69 Å². The third-order valence-corrected chi connectivity index (χ3v) is 8.06. The summed E-state index contributed by atoms with van der Waals surface area (Å²) in [5.74, 6) is 0.165. The number of nitrogens with zero attached hydrogens (tertiary/aromatic N) is 1. The summed E-state index contributed by atoms with van der Waals surface area (Å²) in [6.07, 6.45) is 0. The van der Waals surface area contributed by atoms with Crippen LogP contribution in [0, 0.1) is 6.92 Å². The van der Waals surface area contributed by atoms with Gasteiger partial charge in [0, 0.05) is 10.7 Å². The summed E-state index contributed by atoms with van der Waals surface area (Å²) in [5.41, 5.74) is 1.96. The molecule has 0 aliphatic carbocycles. The SMILES string of the molecule is COc1ccc(N2C[C@@](c3ccc(Cl)cc3)(S(=O)(=O)c3ccc(C)cc3)C2=O)cc1. The zero-order valence-corrected chi connectivity index (χ0v) is 18.1. The maximum absolute atomic E-state index is 13.7. The van der Waals surface area contributed by atoms with E-state index < -0.39 is 20.5 Å². The minimum atomic E-state index is -4.01. The number of carbonyl (C=O) groups excluding carboxylic acids is 1. The molecule has 1 fully saturated rings. The Hall–Kier alpha value is -2.83. The van der Waals surface area contributed by atoms with Crippen molar-refractivity contribution in [3.05, 3.63) is 88.9 Å². The van der Waals surface area contributed by atoms with Crippen molar-refractivity contribution in [3.63, 3.8) is 0 Å². The predicted molar refractivity (Wildman–Crippen MR) is 117 cm³/mol. The fraction of sp³-hybridized carbons (Fsp3) is 0.174. The Morgan fingerprint density at radius 2 is 1.53 bits per heavy atom. The van der Waals surface area contributed by atoms with Crippen molar-refractivity contribution >= 4 is 33.0 Å². The van der Waals surface area contributed by atoms with Crippen LogP contribution in [-0.4, -0.2) is 28.0 Å². The van der Waals surface area contributed by atoms with Crippen LogP contribution in [0.1, 0.15) is 11.1 Å². The van der Waals surface area contributed by atoms with Gasteiger partial charge in [0.05, 0.1) is 18.6 Å². The maximum Gasteiger partial charge on any atom is 0.255 e. The molecule has 4 rings (SSSR count). The van der Waals surface area contributed by atoms with Gasteiger partial charge in [-0.1, -0.05) is 41.4 Å². The molecule has 7 heteroatoms. The van der Waals surface area contributed by atoms with Crippen molar-refractivity contribution in [3.8, 4) is 5.75 Å². The molecule has 0 saturated carbocycles. The van der Waals surface area contributed by atoms with E-state index in [2.05, 4.69) is 0 Å². The zero-order chi connectivity index (χ0) is 21.5. The van der Waals surface area contributed by atoms with Gasteiger partial charge in [-0.2, -0.15) is 0 Å². The lowest BCUT2D eigenvalue weighted by atomic mass is 9.88. The first kappa shape index (κ1) is 20.4. The van der Waals surface area contributed by atoms with Crippen LogP contribution in [0.5, 0.6) is 5.75 Å². The van der Waals surface area contributed by atoms with E-state index in [0.717, 1.165) is 5.56 Å². The van der Waals surface area contributed by atoms with Gasteiger partial charge >= 0.3 is 0 Å². The molecule has 0 radical (unpaired) electrons. The van der Waals surface area contributed by atoms with E-state index in [9.17, 15) is 13.2 Å². The van der Waals surface area contributed by atoms with Crippen LogP contribution >= 0.6 is 11.6 Å². The second-order valence-electron chi connectivity index (χ2n) is 7.24. The Morgan fingerprint density at radius 3 is 2.07 bits per heavy atom. The number of rotatable bonds is 5. The molecule has 1 aliphatic rings. The summed E-state index contributed by atoms with van der Waals surface area (Å²) in [6.45, 7) is 1.89. The lowest BCUT2D eigenvalue weighted by molar-refractivity contribution is -0.125. The number of hydrogen-bond donors (Lipinski definition) is 0. The summed E-state index contributed by atoms with van der Waals surface area (Å²) in [4.78, 5) is 15.1. The van der Waals surface area contributed by atoms with Crippen molar-refractivity contribution in [1.82, 2.24) is 0 Å². The fourth-order valence-corrected chi connectivity index (χ4v) is 5.78. The second-order valence-corrected chi connectivity index (χ2v) is 9.85. The number of sulfone groups is 1. The minimum Gasteiger partial charge on any atom is -0.497 e. The van der Waals surface area contributed by atoms with E-state index in [1.54, 1.807) is 79.9 Å². The van der Waals surface area contributed by atoms with Crippen molar-refractivity contribution in [2.75, 3.05) is 18.6 Å². The molecule has 1 heterocycles. The van der Waals surface area contributed by atoms with E-state index in [1.165, 1.54) is 4.90 Å². The Balaban J connectivity index is 1.81. The first-order chi connectivity index (χ1) is 14.3. The molecule has 30 heavy (non-hydrogen) atoms. The number of methoxy groups -OCH3 is 1. The van der Waals surface area contributed by atoms with Crippen molar-refractivity contribution in [2.45, 2.75) is 16.6 Å². The lowest BCUT2D eigenvalue weighted by Gasteiger charge is -2.48. The van der Waals surface area contributed by atoms with Crippen LogP contribution in [0.2, 0.25) is 5.02 Å². The summed E-state index contributed by atoms with van der Waals surface area (Å²) in [6, 6.07) is 19.9. The van der Waals surface area contributed by atoms with Crippen molar-refractivity contribution in [1.29, 1.82) is 0 Å². The lowest BCUT2D eigenvalue weighted by Crippen LogP contribution is -2.68. The summed E-state index contributed by atoms with van der Waals surface area (Å²) >= 11 is 6.00. The molecule has 1 amide bonds. The summed E-state index contributed by atoms with van der Waals surface area (Å²) < 4.78 is 30.9. The van der Waals surface area contributed by atoms with Gasteiger partial charge < -0.3 is 9.64 Å². The molecule has 154 valence electrons. The number of anilines is 1. The molecule has 0 aromatic heterocycles. The standard InChI is InChI=1S/C23H20ClNO4S/c1-16-3-13-21(14-4-16)30(27,28)23(17-5-7-18(24)8-6-17)15-25(22(23)26)19-9-11-20(29-2)12-10-19/h3-14H,15H2,1-2H3/t23-/m0/s1. The Labute approximate surface area is 180 Å². The average Bonchev–Trinajstić information content (AvgIpc) is 2.75. The van der Waals surface area contributed by atoms with Crippen molar-refractivity contribution in [2.24, 2.45) is 0 Å². The zero-order valence-electron chi connectivity index (χ0n) is 16.5. The van der Waals surface area contributed by atoms with Gasteiger partial charge in [-0.05, 0) is 61.0 Å². The molecule has 3 aromatic carbocycles. The summed E-state index contributed by atoms with van der Waals surface area (Å²) in [7, 11) is -2.45. The molecule has 1 saturated heterocycles. The summed E-state index contributed by atoms with van der Waals surface area (Å²) in [5, 5.41) is 0.473. The molecule has 5 nitrogen and oxygen atoms in total. The van der Waals surface area contributed by atoms with E-state index in [0.29, 0.717) is 22.0 Å². The highest BCUT2D eigenvalue weighted by molar-refractivity contribution is 7.93. The number of ether oxygens (including phenoxy) is 1. The van der Waals surface area contributed by atoms with Gasteiger partial charge in [0.25, 0.3) is 5.91 Å². The molecular formula is C23H20ClNO4S. The number of hydrogen-bond acceptors (Lipinski definition) is 4. The van der Waals surface area contributed by atoms with Gasteiger partial charge in [-0.15, -0.1) is 0 Å². The van der Waals surface area contributed by atoms with Gasteiger partial charge in [-0.25, -0.2) is 8.42 Å². The highest BCUT2D eigenvalue weighted by atomic mass is 35.5. The highest BCUT2D eigenvalue weighted by Crippen LogP contribution is 2.46. The van der Waals surface area contributed by atoms with Gasteiger partial charge in [-0.3, -0.25) is 4.79 Å². The predicted octanol–water partition coefficient (Wildman–Crippen LogP) is 4.37. The van der Waals surface area contributed by atoms with E-state index in [1.807, 2.05) is 6.92 Å². The van der Waals surface area contributed by atoms with Crippen molar-refractivity contribution < 1.29 is 17.9 Å². The highest BCUT2D eigenvalue weighted by Gasteiger charge is 2.63. The van der Waals surface area contributed by atoms with Gasteiger partial charge in [0.15, 0.2) is 14.6 Å². The quantitative estimate of drug-likeness (QED) is 0.551. The molecule has 0 N–H and O–H groups in total. The van der Waals surface area contributed by atoms with Crippen LogP contribution in [0.3, 0.4) is 0 Å². The first-order valence-electron chi connectivity index (χ1n) is 9.33. The molecule has 1 atom stereocenters. The number of amides is 1. The molecule has 0 unspecified atom stereocenters. The monoisotopic (exact) mass is 441 g/mol. The number of aryl methyl sites for hydroxylation is 1. The fourth-order valence-electron chi connectivity index (χ4n) is 3.67. The largest absolute Gasteiger partial charge is 0.497 e. The van der Waals surface area contributed by atoms with Crippen LogP contribution in [0.15, 0.2) is 77.7 Å². The van der Waals surface area contributed by atoms with Crippen LogP contribution in [0.25, 0.3) is 0 Å². The molecule has 1 aliphatic heterocycles. The third kappa shape index (κ3) is 3.07. The number of halogens is 1. The molecule has 0 spiro atoms. The maximum atomic E-state index is 13.7. The van der Waals surface area contributed by atoms with Crippen LogP contribution < -0.4 is 9.64 Å². The molecular weight excluding hydrogens is 422 g/mol. The number of benzene rings is 3.